The van der Waals surface area contributed by atoms with E-state index >= 15 is 0 Å². The Hall–Kier alpha value is -2.92. The summed E-state index contributed by atoms with van der Waals surface area (Å²) in [6.07, 6.45) is 0.209. The minimum absolute atomic E-state index is 0.0663. The Morgan fingerprint density at radius 1 is 1.04 bits per heavy atom. The van der Waals surface area contributed by atoms with Crippen LogP contribution in [0.2, 0.25) is 0 Å². The van der Waals surface area contributed by atoms with Crippen LogP contribution >= 0.6 is 0 Å². The number of hydrogen-bond donors (Lipinski definition) is 1. The number of aryl methyl sites for hydroxylation is 1. The van der Waals surface area contributed by atoms with E-state index in [0.717, 1.165) is 17.7 Å². The topological polar surface area (TPSA) is 58.4 Å². The summed E-state index contributed by atoms with van der Waals surface area (Å²) in [5.74, 6) is 1.16. The van der Waals surface area contributed by atoms with Crippen LogP contribution in [0.4, 0.5) is 0 Å². The molecule has 140 valence electrons. The highest BCUT2D eigenvalue weighted by atomic mass is 16.4. The molecule has 1 N–H and O–H groups in total. The average Bonchev–Trinajstić information content (AvgIpc) is 3.02. The van der Waals surface area contributed by atoms with Gasteiger partial charge in [0.25, 0.3) is 0 Å². The fourth-order valence-electron chi connectivity index (χ4n) is 2.84. The molecule has 0 saturated heterocycles. The van der Waals surface area contributed by atoms with Gasteiger partial charge in [-0.2, -0.15) is 0 Å². The molecule has 0 aliphatic carbocycles. The summed E-state index contributed by atoms with van der Waals surface area (Å²) in [5.41, 5.74) is 3.91. The summed E-state index contributed by atoms with van der Waals surface area (Å²) < 4.78 is 5.71. The van der Waals surface area contributed by atoms with Gasteiger partial charge >= 0.3 is 0 Å². The standard InChI is InChI=1S/C22H25N3O2/c1-16-20(24-22(27-16)19-7-5-4-6-8-19)13-21(26)23-14-17-9-11-18(12-10-17)15-25(2)3/h4-12H,13-15H2,1-3H3,(H,23,26). The first-order valence-electron chi connectivity index (χ1n) is 9.02. The van der Waals surface area contributed by atoms with Crippen molar-refractivity contribution in [2.45, 2.75) is 26.4 Å². The SMILES string of the molecule is Cc1oc(-c2ccccc2)nc1CC(=O)NCc1ccc(CN(C)C)cc1. The van der Waals surface area contributed by atoms with Gasteiger partial charge in [-0.05, 0) is 44.3 Å². The third-order valence-corrected chi connectivity index (χ3v) is 4.25. The first-order chi connectivity index (χ1) is 13.0. The molecule has 0 atom stereocenters. The summed E-state index contributed by atoms with van der Waals surface area (Å²) in [6, 6.07) is 18.0. The van der Waals surface area contributed by atoms with Crippen molar-refractivity contribution < 1.29 is 9.21 Å². The van der Waals surface area contributed by atoms with Crippen LogP contribution in [0, 0.1) is 6.92 Å². The second-order valence-electron chi connectivity index (χ2n) is 6.90. The maximum atomic E-state index is 12.3. The van der Waals surface area contributed by atoms with E-state index in [1.54, 1.807) is 0 Å². The van der Waals surface area contributed by atoms with E-state index in [1.807, 2.05) is 63.5 Å². The quantitative estimate of drug-likeness (QED) is 0.697. The van der Waals surface area contributed by atoms with E-state index in [0.29, 0.717) is 23.9 Å². The van der Waals surface area contributed by atoms with Crippen LogP contribution < -0.4 is 5.32 Å². The minimum Gasteiger partial charge on any atom is -0.441 e. The van der Waals surface area contributed by atoms with Crippen molar-refractivity contribution in [1.29, 1.82) is 0 Å². The number of rotatable bonds is 7. The van der Waals surface area contributed by atoms with Gasteiger partial charge < -0.3 is 14.6 Å². The van der Waals surface area contributed by atoms with Gasteiger partial charge in [0.05, 0.1) is 12.1 Å². The van der Waals surface area contributed by atoms with Crippen molar-refractivity contribution in [3.63, 3.8) is 0 Å². The Morgan fingerprint density at radius 3 is 2.37 bits per heavy atom. The summed E-state index contributed by atoms with van der Waals surface area (Å²) in [7, 11) is 4.09. The molecular weight excluding hydrogens is 338 g/mol. The van der Waals surface area contributed by atoms with Gasteiger partial charge in [-0.1, -0.05) is 42.5 Å². The summed E-state index contributed by atoms with van der Waals surface area (Å²) >= 11 is 0. The molecule has 0 spiro atoms. The molecule has 0 bridgehead atoms. The lowest BCUT2D eigenvalue weighted by atomic mass is 10.1. The number of benzene rings is 2. The van der Waals surface area contributed by atoms with Crippen molar-refractivity contribution in [3.8, 4) is 11.5 Å². The predicted octanol–water partition coefficient (Wildman–Crippen LogP) is 3.57. The molecule has 2 aromatic carbocycles. The lowest BCUT2D eigenvalue weighted by molar-refractivity contribution is -0.120. The zero-order valence-electron chi connectivity index (χ0n) is 16.0. The number of carbonyl (C=O) groups is 1. The van der Waals surface area contributed by atoms with Gasteiger partial charge in [0.15, 0.2) is 0 Å². The zero-order valence-corrected chi connectivity index (χ0v) is 16.0. The van der Waals surface area contributed by atoms with Gasteiger partial charge in [0.2, 0.25) is 11.8 Å². The molecule has 0 fully saturated rings. The molecule has 0 saturated carbocycles. The summed E-state index contributed by atoms with van der Waals surface area (Å²) in [5, 5.41) is 2.95. The van der Waals surface area contributed by atoms with Crippen LogP contribution in [0.15, 0.2) is 59.0 Å². The highest BCUT2D eigenvalue weighted by molar-refractivity contribution is 5.78. The molecule has 1 heterocycles. The van der Waals surface area contributed by atoms with Crippen LogP contribution in [0.3, 0.4) is 0 Å². The largest absolute Gasteiger partial charge is 0.441 e. The van der Waals surface area contributed by atoms with Crippen LogP contribution in [0.5, 0.6) is 0 Å². The number of nitrogens with one attached hydrogen (secondary N) is 1. The molecule has 27 heavy (non-hydrogen) atoms. The number of carbonyl (C=O) groups excluding carboxylic acids is 1. The Balaban J connectivity index is 1.56. The molecule has 0 aliphatic heterocycles. The second-order valence-corrected chi connectivity index (χ2v) is 6.90. The fourth-order valence-corrected chi connectivity index (χ4v) is 2.84. The molecule has 0 radical (unpaired) electrons. The monoisotopic (exact) mass is 363 g/mol. The van der Waals surface area contributed by atoms with Crippen molar-refractivity contribution in [3.05, 3.63) is 77.2 Å². The highest BCUT2D eigenvalue weighted by Crippen LogP contribution is 2.21. The smallest absolute Gasteiger partial charge is 0.226 e. The molecule has 5 heteroatoms. The molecular formula is C22H25N3O2. The van der Waals surface area contributed by atoms with E-state index in [2.05, 4.69) is 27.3 Å². The molecule has 1 aromatic heterocycles. The van der Waals surface area contributed by atoms with E-state index < -0.39 is 0 Å². The van der Waals surface area contributed by atoms with E-state index in [1.165, 1.54) is 5.56 Å². The maximum Gasteiger partial charge on any atom is 0.226 e. The number of oxazole rings is 1. The molecule has 1 amide bonds. The summed E-state index contributed by atoms with van der Waals surface area (Å²) in [6.45, 7) is 3.25. The van der Waals surface area contributed by atoms with Crippen molar-refractivity contribution in [1.82, 2.24) is 15.2 Å². The Kier molecular flexibility index (Phi) is 6.04. The van der Waals surface area contributed by atoms with Gasteiger partial charge in [-0.25, -0.2) is 4.98 Å². The van der Waals surface area contributed by atoms with Gasteiger partial charge in [-0.15, -0.1) is 0 Å². The van der Waals surface area contributed by atoms with Crippen LogP contribution in [0.25, 0.3) is 11.5 Å². The minimum atomic E-state index is -0.0663. The molecule has 0 aliphatic rings. The predicted molar refractivity (Wildman–Crippen MR) is 106 cm³/mol. The number of amides is 1. The number of hydrogen-bond acceptors (Lipinski definition) is 4. The van der Waals surface area contributed by atoms with Crippen LogP contribution in [-0.2, 0) is 24.3 Å². The molecule has 0 unspecified atom stereocenters. The van der Waals surface area contributed by atoms with Gasteiger partial charge in [-0.3, -0.25) is 4.79 Å². The van der Waals surface area contributed by atoms with Crippen LogP contribution in [-0.4, -0.2) is 29.9 Å². The van der Waals surface area contributed by atoms with Crippen molar-refractivity contribution >= 4 is 5.91 Å². The lowest BCUT2D eigenvalue weighted by Crippen LogP contribution is -2.25. The first kappa shape index (κ1) is 18.9. The summed E-state index contributed by atoms with van der Waals surface area (Å²) in [4.78, 5) is 18.9. The third-order valence-electron chi connectivity index (χ3n) is 4.25. The second kappa shape index (κ2) is 8.64. The zero-order chi connectivity index (χ0) is 19.2. The normalized spacial score (nSPS) is 11.0. The lowest BCUT2D eigenvalue weighted by Gasteiger charge is -2.10. The maximum absolute atomic E-state index is 12.3. The van der Waals surface area contributed by atoms with Crippen molar-refractivity contribution in [2.75, 3.05) is 14.1 Å². The third kappa shape index (κ3) is 5.28. The van der Waals surface area contributed by atoms with Gasteiger partial charge in [0.1, 0.15) is 5.76 Å². The average molecular weight is 363 g/mol. The number of nitrogens with zero attached hydrogens (tertiary/aromatic N) is 2. The van der Waals surface area contributed by atoms with Crippen LogP contribution in [0.1, 0.15) is 22.6 Å². The highest BCUT2D eigenvalue weighted by Gasteiger charge is 2.14. The Morgan fingerprint density at radius 2 is 1.70 bits per heavy atom. The fraction of sp³-hybridized carbons (Fsp3) is 0.273. The Labute approximate surface area is 160 Å². The van der Waals surface area contributed by atoms with E-state index in [9.17, 15) is 4.79 Å². The molecule has 3 rings (SSSR count). The van der Waals surface area contributed by atoms with E-state index in [4.69, 9.17) is 4.42 Å². The van der Waals surface area contributed by atoms with Gasteiger partial charge in [0, 0.05) is 18.7 Å². The van der Waals surface area contributed by atoms with Crippen molar-refractivity contribution in [2.24, 2.45) is 0 Å². The molecule has 3 aromatic rings. The Bertz CT molecular complexity index is 884. The van der Waals surface area contributed by atoms with E-state index in [-0.39, 0.29) is 12.3 Å². The number of aromatic nitrogens is 1. The first-order valence-corrected chi connectivity index (χ1v) is 9.02. The molecule has 5 nitrogen and oxygen atoms in total.